The Morgan fingerprint density at radius 2 is 0.410 bits per heavy atom. The van der Waals surface area contributed by atoms with Gasteiger partial charge in [-0.05, 0) is 5.92 Å². The molecule has 0 saturated carbocycles. The van der Waals surface area contributed by atoms with Crippen LogP contribution in [-0.4, -0.2) is 0 Å². The molecule has 0 aliphatic rings. The Morgan fingerprint density at radius 1 is 0.256 bits per heavy atom. The molecular weight excluding hydrogens is 468 g/mol. The van der Waals surface area contributed by atoms with Gasteiger partial charge in [0.15, 0.2) is 0 Å². The Labute approximate surface area is 251 Å². The molecule has 0 amide bonds. The van der Waals surface area contributed by atoms with E-state index < -0.39 is 0 Å². The summed E-state index contributed by atoms with van der Waals surface area (Å²) in [5.41, 5.74) is 0. The van der Waals surface area contributed by atoms with Gasteiger partial charge in [-0.1, -0.05) is 245 Å². The molecule has 0 aromatic rings. The maximum absolute atomic E-state index is 4.43. The molecule has 0 spiro atoms. The highest BCUT2D eigenvalue weighted by atomic mass is 14.1. The third-order valence-electron chi connectivity index (χ3n) is 9.18. The van der Waals surface area contributed by atoms with Crippen molar-refractivity contribution in [2.45, 2.75) is 239 Å². The Bertz CT molecular complexity index is 399. The zero-order valence-electron chi connectivity index (χ0n) is 28.0. The van der Waals surface area contributed by atoms with Crippen molar-refractivity contribution in [3.8, 4) is 0 Å². The van der Waals surface area contributed by atoms with Gasteiger partial charge >= 0.3 is 0 Å². The summed E-state index contributed by atoms with van der Waals surface area (Å²) >= 11 is 0. The highest BCUT2D eigenvalue weighted by Crippen LogP contribution is 2.19. The summed E-state index contributed by atoms with van der Waals surface area (Å²) in [7, 11) is 0. The lowest BCUT2D eigenvalue weighted by Gasteiger charge is -2.11. The minimum absolute atomic E-state index is 0.717. The van der Waals surface area contributed by atoms with E-state index in [0.29, 0.717) is 5.92 Å². The molecule has 0 heteroatoms. The van der Waals surface area contributed by atoms with Crippen LogP contribution < -0.4 is 0 Å². The summed E-state index contributed by atoms with van der Waals surface area (Å²) in [6, 6.07) is 0. The second kappa shape index (κ2) is 36.0. The monoisotopic (exact) mass is 548 g/mol. The molecule has 0 aliphatic heterocycles. The molecule has 0 aromatic carbocycles. The van der Waals surface area contributed by atoms with Gasteiger partial charge in [-0.3, -0.25) is 0 Å². The van der Waals surface area contributed by atoms with Crippen LogP contribution >= 0.6 is 0 Å². The molecule has 0 rings (SSSR count). The van der Waals surface area contributed by atoms with Gasteiger partial charge < -0.3 is 0 Å². The minimum atomic E-state index is 0.717. The van der Waals surface area contributed by atoms with Crippen molar-refractivity contribution in [1.82, 2.24) is 0 Å². The highest BCUT2D eigenvalue weighted by Gasteiger charge is 2.02. The second-order valence-electron chi connectivity index (χ2n) is 13.4. The standard InChI is InChI=1S/C39H79/c1-4-6-8-10-12-14-15-16-17-18-19-20-21-22-23-24-25-26-27-28-30-32-34-36-38-39(3)37-35-33-31-29-13-11-9-7-5-2/h39H,3-38H2,1-2H3. The fourth-order valence-electron chi connectivity index (χ4n) is 6.28. The summed E-state index contributed by atoms with van der Waals surface area (Å²) in [6.07, 6.45) is 51.1. The Morgan fingerprint density at radius 3 is 0.590 bits per heavy atom. The van der Waals surface area contributed by atoms with E-state index in [-0.39, 0.29) is 0 Å². The van der Waals surface area contributed by atoms with E-state index in [1.807, 2.05) is 0 Å². The zero-order valence-corrected chi connectivity index (χ0v) is 28.0. The van der Waals surface area contributed by atoms with Gasteiger partial charge in [0.05, 0.1) is 0 Å². The molecule has 1 unspecified atom stereocenters. The van der Waals surface area contributed by atoms with E-state index >= 15 is 0 Å². The van der Waals surface area contributed by atoms with Gasteiger partial charge in [-0.15, -0.1) is 0 Å². The molecule has 0 aliphatic carbocycles. The third-order valence-corrected chi connectivity index (χ3v) is 9.18. The molecule has 1 atom stereocenters. The highest BCUT2D eigenvalue weighted by molar-refractivity contribution is 4.62. The molecule has 0 nitrogen and oxygen atoms in total. The van der Waals surface area contributed by atoms with Crippen molar-refractivity contribution >= 4 is 0 Å². The molecule has 39 heavy (non-hydrogen) atoms. The molecule has 0 N–H and O–H groups in total. The molecule has 0 bridgehead atoms. The number of hydrogen-bond donors (Lipinski definition) is 0. The second-order valence-corrected chi connectivity index (χ2v) is 13.4. The molecule has 1 radical (unpaired) electrons. The average Bonchev–Trinajstić information content (AvgIpc) is 2.94. The maximum Gasteiger partial charge on any atom is -0.0414 e. The van der Waals surface area contributed by atoms with E-state index in [1.165, 1.54) is 225 Å². The Balaban J connectivity index is 3.10. The first-order chi connectivity index (χ1) is 19.3. The molecule has 0 saturated heterocycles. The lowest BCUT2D eigenvalue weighted by Crippen LogP contribution is -1.95. The number of rotatable bonds is 35. The zero-order chi connectivity index (χ0) is 28.3. The Kier molecular flexibility index (Phi) is 36.0. The van der Waals surface area contributed by atoms with Crippen LogP contribution in [0.3, 0.4) is 0 Å². The van der Waals surface area contributed by atoms with Gasteiger partial charge in [0.25, 0.3) is 0 Å². The van der Waals surface area contributed by atoms with Crippen LogP contribution in [-0.2, 0) is 0 Å². The Hall–Kier alpha value is 0. The van der Waals surface area contributed by atoms with Crippen LogP contribution in [0.15, 0.2) is 0 Å². The van der Waals surface area contributed by atoms with E-state index in [2.05, 4.69) is 20.8 Å². The summed E-state index contributed by atoms with van der Waals surface area (Å²) in [5, 5.41) is 0. The summed E-state index contributed by atoms with van der Waals surface area (Å²) < 4.78 is 0. The summed E-state index contributed by atoms with van der Waals surface area (Å²) in [4.78, 5) is 0. The minimum Gasteiger partial charge on any atom is -0.0654 e. The normalized spacial score (nSPS) is 12.4. The van der Waals surface area contributed by atoms with E-state index in [1.54, 1.807) is 0 Å². The average molecular weight is 548 g/mol. The lowest BCUT2D eigenvalue weighted by atomic mass is 9.95. The largest absolute Gasteiger partial charge is 0.0654 e. The van der Waals surface area contributed by atoms with Crippen LogP contribution in [0.4, 0.5) is 0 Å². The molecular formula is C39H79. The van der Waals surface area contributed by atoms with Crippen LogP contribution in [0, 0.1) is 12.8 Å². The van der Waals surface area contributed by atoms with Crippen molar-refractivity contribution in [3.63, 3.8) is 0 Å². The van der Waals surface area contributed by atoms with E-state index in [9.17, 15) is 0 Å². The topological polar surface area (TPSA) is 0 Å². The predicted molar refractivity (Wildman–Crippen MR) is 182 cm³/mol. The van der Waals surface area contributed by atoms with Crippen LogP contribution in [0.1, 0.15) is 239 Å². The first kappa shape index (κ1) is 39.0. The smallest absolute Gasteiger partial charge is 0.0414 e. The predicted octanol–water partition coefficient (Wildman–Crippen LogP) is 15.1. The van der Waals surface area contributed by atoms with Gasteiger partial charge in [-0.25, -0.2) is 0 Å². The maximum atomic E-state index is 4.43. The van der Waals surface area contributed by atoms with Crippen molar-refractivity contribution in [3.05, 3.63) is 6.92 Å². The fraction of sp³-hybridized carbons (Fsp3) is 0.974. The van der Waals surface area contributed by atoms with E-state index in [0.717, 1.165) is 0 Å². The van der Waals surface area contributed by atoms with Crippen LogP contribution in [0.5, 0.6) is 0 Å². The van der Waals surface area contributed by atoms with Gasteiger partial charge in [0.2, 0.25) is 0 Å². The molecule has 235 valence electrons. The molecule has 0 fully saturated rings. The first-order valence-corrected chi connectivity index (χ1v) is 19.1. The van der Waals surface area contributed by atoms with Gasteiger partial charge in [0.1, 0.15) is 0 Å². The summed E-state index contributed by atoms with van der Waals surface area (Å²) in [6.45, 7) is 9.05. The van der Waals surface area contributed by atoms with Crippen molar-refractivity contribution in [2.75, 3.05) is 0 Å². The SMILES string of the molecule is [CH2]C(CCCCCCCCCCC)CCCCCCCCCCCCCCCCCCCCCCCCCC. The van der Waals surface area contributed by atoms with Crippen LogP contribution in [0.25, 0.3) is 0 Å². The first-order valence-electron chi connectivity index (χ1n) is 19.1. The van der Waals surface area contributed by atoms with Crippen molar-refractivity contribution in [1.29, 1.82) is 0 Å². The number of unbranched alkanes of at least 4 members (excludes halogenated alkanes) is 31. The summed E-state index contributed by atoms with van der Waals surface area (Å²) in [5.74, 6) is 0.717. The fourth-order valence-corrected chi connectivity index (χ4v) is 6.28. The number of hydrogen-bond acceptors (Lipinski definition) is 0. The van der Waals surface area contributed by atoms with Crippen molar-refractivity contribution < 1.29 is 0 Å². The molecule has 0 heterocycles. The van der Waals surface area contributed by atoms with Crippen LogP contribution in [0.2, 0.25) is 0 Å². The van der Waals surface area contributed by atoms with Gasteiger partial charge in [0, 0.05) is 0 Å². The van der Waals surface area contributed by atoms with Gasteiger partial charge in [-0.2, -0.15) is 0 Å². The van der Waals surface area contributed by atoms with Crippen molar-refractivity contribution in [2.24, 2.45) is 5.92 Å². The lowest BCUT2D eigenvalue weighted by molar-refractivity contribution is 0.459. The van der Waals surface area contributed by atoms with E-state index in [4.69, 9.17) is 0 Å². The third kappa shape index (κ3) is 36.0. The quantitative estimate of drug-likeness (QED) is 0.0692. The molecule has 0 aromatic heterocycles.